The van der Waals surface area contributed by atoms with Crippen molar-refractivity contribution in [1.82, 2.24) is 0 Å². The minimum atomic E-state index is -3.45. The maximum absolute atomic E-state index is 12.8. The number of rotatable bonds is 1. The quantitative estimate of drug-likeness (QED) is 0.805. The number of aryl methyl sites for hydroxylation is 2. The van der Waals surface area contributed by atoms with Crippen molar-refractivity contribution in [3.05, 3.63) is 47.5 Å². The summed E-state index contributed by atoms with van der Waals surface area (Å²) in [4.78, 5) is 0.402. The molecule has 0 spiro atoms. The molecule has 0 aromatic heterocycles. The van der Waals surface area contributed by atoms with Gasteiger partial charge in [-0.15, -0.1) is 0 Å². The minimum absolute atomic E-state index is 0.402. The average molecular weight is 287 g/mol. The summed E-state index contributed by atoms with van der Waals surface area (Å²) in [5, 5.41) is 0. The van der Waals surface area contributed by atoms with E-state index in [0.29, 0.717) is 11.4 Å². The molecule has 0 N–H and O–H groups in total. The van der Waals surface area contributed by atoms with Gasteiger partial charge in [0.25, 0.3) is 10.0 Å². The van der Waals surface area contributed by atoms with Gasteiger partial charge in [0.1, 0.15) is 0 Å². The number of hydrogen-bond donors (Lipinski definition) is 0. The molecule has 2 aromatic carbocycles. The fourth-order valence-corrected chi connectivity index (χ4v) is 4.74. The van der Waals surface area contributed by atoms with E-state index < -0.39 is 10.0 Å². The molecule has 0 saturated carbocycles. The summed E-state index contributed by atoms with van der Waals surface area (Å²) in [6.45, 7) is 6.31. The zero-order chi connectivity index (χ0) is 14.5. The SMILES string of the molecule is CCN1c2c(C)cc(C)cc2-c2ccccc2S1(=O)=O. The molecule has 3 rings (SSSR count). The molecule has 0 bridgehead atoms. The lowest BCUT2D eigenvalue weighted by Gasteiger charge is -2.32. The van der Waals surface area contributed by atoms with E-state index in [9.17, 15) is 8.42 Å². The molecule has 1 aliphatic rings. The Kier molecular flexibility index (Phi) is 2.87. The lowest BCUT2D eigenvalue weighted by molar-refractivity contribution is 0.591. The molecule has 0 atom stereocenters. The molecule has 1 heterocycles. The molecule has 0 radical (unpaired) electrons. The van der Waals surface area contributed by atoms with Crippen LogP contribution < -0.4 is 4.31 Å². The standard InChI is InChI=1S/C16H17NO2S/c1-4-17-16-12(3)9-11(2)10-14(16)13-7-5-6-8-15(13)20(17,18)19/h5-10H,4H2,1-3H3. The normalized spacial score (nSPS) is 15.7. The van der Waals surface area contributed by atoms with Crippen molar-refractivity contribution in [1.29, 1.82) is 0 Å². The molecule has 2 aromatic rings. The van der Waals surface area contributed by atoms with Crippen LogP contribution in [0.4, 0.5) is 5.69 Å². The van der Waals surface area contributed by atoms with Crippen LogP contribution >= 0.6 is 0 Å². The summed E-state index contributed by atoms with van der Waals surface area (Å²) in [5.41, 5.74) is 4.77. The number of benzene rings is 2. The van der Waals surface area contributed by atoms with Gasteiger partial charge in [0.2, 0.25) is 0 Å². The van der Waals surface area contributed by atoms with E-state index in [1.165, 1.54) is 4.31 Å². The Bertz CT molecular complexity index is 794. The van der Waals surface area contributed by atoms with Gasteiger partial charge in [-0.25, -0.2) is 8.42 Å². The lowest BCUT2D eigenvalue weighted by Crippen LogP contribution is -2.34. The number of fused-ring (bicyclic) bond motifs is 3. The van der Waals surface area contributed by atoms with Crippen molar-refractivity contribution in [2.24, 2.45) is 0 Å². The highest BCUT2D eigenvalue weighted by Gasteiger charge is 2.34. The van der Waals surface area contributed by atoms with E-state index in [1.54, 1.807) is 12.1 Å². The van der Waals surface area contributed by atoms with Gasteiger partial charge < -0.3 is 0 Å². The fraction of sp³-hybridized carbons (Fsp3) is 0.250. The zero-order valence-corrected chi connectivity index (χ0v) is 12.7. The number of anilines is 1. The number of nitrogens with zero attached hydrogens (tertiary/aromatic N) is 1. The van der Waals surface area contributed by atoms with E-state index in [-0.39, 0.29) is 0 Å². The van der Waals surface area contributed by atoms with Gasteiger partial charge in [0.05, 0.1) is 10.6 Å². The van der Waals surface area contributed by atoms with Crippen LogP contribution in [-0.2, 0) is 10.0 Å². The van der Waals surface area contributed by atoms with Crippen LogP contribution in [0.25, 0.3) is 11.1 Å². The molecule has 0 aliphatic carbocycles. The Morgan fingerprint density at radius 1 is 1.05 bits per heavy atom. The van der Waals surface area contributed by atoms with E-state index >= 15 is 0 Å². The highest BCUT2D eigenvalue weighted by Crippen LogP contribution is 2.44. The van der Waals surface area contributed by atoms with E-state index in [1.807, 2.05) is 39.0 Å². The van der Waals surface area contributed by atoms with Crippen LogP contribution in [0.2, 0.25) is 0 Å². The largest absolute Gasteiger partial charge is 0.266 e. The second kappa shape index (κ2) is 4.35. The van der Waals surface area contributed by atoms with Crippen LogP contribution in [-0.4, -0.2) is 15.0 Å². The summed E-state index contributed by atoms with van der Waals surface area (Å²) < 4.78 is 27.0. The first kappa shape index (κ1) is 13.2. The maximum Gasteiger partial charge on any atom is 0.264 e. The van der Waals surface area contributed by atoms with Crippen LogP contribution in [0.1, 0.15) is 18.1 Å². The van der Waals surface area contributed by atoms with Gasteiger partial charge in [0.15, 0.2) is 0 Å². The van der Waals surface area contributed by atoms with Crippen molar-refractivity contribution in [2.45, 2.75) is 25.7 Å². The smallest absolute Gasteiger partial charge is 0.264 e. The molecule has 4 heteroatoms. The Morgan fingerprint density at radius 2 is 1.75 bits per heavy atom. The summed E-state index contributed by atoms with van der Waals surface area (Å²) in [5.74, 6) is 0. The third-order valence-corrected chi connectivity index (χ3v) is 5.66. The third kappa shape index (κ3) is 1.68. The number of hydrogen-bond acceptors (Lipinski definition) is 2. The molecule has 3 nitrogen and oxygen atoms in total. The predicted molar refractivity (Wildman–Crippen MR) is 81.6 cm³/mol. The monoisotopic (exact) mass is 287 g/mol. The van der Waals surface area contributed by atoms with Crippen LogP contribution in [0.3, 0.4) is 0 Å². The summed E-state index contributed by atoms with van der Waals surface area (Å²) in [6, 6.07) is 11.3. The highest BCUT2D eigenvalue weighted by molar-refractivity contribution is 7.93. The van der Waals surface area contributed by atoms with Gasteiger partial charge in [0, 0.05) is 17.7 Å². The van der Waals surface area contributed by atoms with Crippen molar-refractivity contribution in [2.75, 3.05) is 10.8 Å². The Labute approximate surface area is 119 Å². The van der Waals surface area contributed by atoms with Crippen LogP contribution in [0, 0.1) is 13.8 Å². The van der Waals surface area contributed by atoms with E-state index in [2.05, 4.69) is 6.07 Å². The van der Waals surface area contributed by atoms with Crippen LogP contribution in [0.15, 0.2) is 41.3 Å². The van der Waals surface area contributed by atoms with Gasteiger partial charge in [-0.3, -0.25) is 4.31 Å². The predicted octanol–water partition coefficient (Wildman–Crippen LogP) is 3.50. The van der Waals surface area contributed by atoms with Gasteiger partial charge in [-0.1, -0.05) is 29.8 Å². The molecule has 0 amide bonds. The van der Waals surface area contributed by atoms with Gasteiger partial charge >= 0.3 is 0 Å². The minimum Gasteiger partial charge on any atom is -0.266 e. The molecule has 104 valence electrons. The Hall–Kier alpha value is -1.81. The van der Waals surface area contributed by atoms with E-state index in [0.717, 1.165) is 27.9 Å². The summed E-state index contributed by atoms with van der Waals surface area (Å²) in [7, 11) is -3.45. The van der Waals surface area contributed by atoms with Crippen molar-refractivity contribution >= 4 is 15.7 Å². The first-order valence-electron chi connectivity index (χ1n) is 6.70. The molecule has 1 aliphatic heterocycles. The topological polar surface area (TPSA) is 37.4 Å². The molecule has 0 saturated heterocycles. The molecule has 20 heavy (non-hydrogen) atoms. The van der Waals surface area contributed by atoms with Gasteiger partial charge in [-0.2, -0.15) is 0 Å². The molecule has 0 unspecified atom stereocenters. The maximum atomic E-state index is 12.8. The molecular weight excluding hydrogens is 270 g/mol. The summed E-state index contributed by atoms with van der Waals surface area (Å²) in [6.07, 6.45) is 0. The Balaban J connectivity index is 2.48. The molecule has 0 fully saturated rings. The second-order valence-electron chi connectivity index (χ2n) is 5.14. The second-order valence-corrected chi connectivity index (χ2v) is 6.97. The van der Waals surface area contributed by atoms with Gasteiger partial charge in [-0.05, 0) is 38.5 Å². The zero-order valence-electron chi connectivity index (χ0n) is 11.8. The summed E-state index contributed by atoms with van der Waals surface area (Å²) >= 11 is 0. The van der Waals surface area contributed by atoms with E-state index in [4.69, 9.17) is 0 Å². The molecular formula is C16H17NO2S. The highest BCUT2D eigenvalue weighted by atomic mass is 32.2. The average Bonchev–Trinajstić information content (AvgIpc) is 2.40. The van der Waals surface area contributed by atoms with Crippen molar-refractivity contribution in [3.63, 3.8) is 0 Å². The third-order valence-electron chi connectivity index (χ3n) is 3.73. The lowest BCUT2D eigenvalue weighted by atomic mass is 9.97. The first-order chi connectivity index (χ1) is 9.46. The Morgan fingerprint density at radius 3 is 2.45 bits per heavy atom. The van der Waals surface area contributed by atoms with Crippen LogP contribution in [0.5, 0.6) is 0 Å². The van der Waals surface area contributed by atoms with Crippen molar-refractivity contribution < 1.29 is 8.42 Å². The first-order valence-corrected chi connectivity index (χ1v) is 8.14. The van der Waals surface area contributed by atoms with Crippen molar-refractivity contribution in [3.8, 4) is 11.1 Å². The fourth-order valence-electron chi connectivity index (χ4n) is 2.98. The number of sulfonamides is 1.